The van der Waals surface area contributed by atoms with Crippen LogP contribution in [-0.4, -0.2) is 22.2 Å². The van der Waals surface area contributed by atoms with Crippen LogP contribution in [0.5, 0.6) is 0 Å². The van der Waals surface area contributed by atoms with Crippen molar-refractivity contribution in [1.82, 2.24) is 9.97 Å². The number of rotatable bonds is 4. The molecule has 16 heavy (non-hydrogen) atoms. The van der Waals surface area contributed by atoms with Crippen LogP contribution in [0.1, 0.15) is 19.2 Å². The SMILES string of the molecule is C=CCCN=C(C)c1nc2ccccc2[nH]1. The third kappa shape index (κ3) is 2.19. The molecule has 82 valence electrons. The molecule has 0 spiro atoms. The highest BCUT2D eigenvalue weighted by Crippen LogP contribution is 2.10. The number of benzene rings is 1. The molecular formula is C13H15N3. The van der Waals surface area contributed by atoms with Gasteiger partial charge in [0.15, 0.2) is 5.82 Å². The van der Waals surface area contributed by atoms with Gasteiger partial charge in [0.25, 0.3) is 0 Å². The summed E-state index contributed by atoms with van der Waals surface area (Å²) in [5, 5.41) is 0. The highest BCUT2D eigenvalue weighted by molar-refractivity contribution is 5.98. The van der Waals surface area contributed by atoms with Crippen molar-refractivity contribution in [3.05, 3.63) is 42.7 Å². The molecule has 1 aromatic heterocycles. The van der Waals surface area contributed by atoms with Crippen molar-refractivity contribution in [3.63, 3.8) is 0 Å². The van der Waals surface area contributed by atoms with Crippen molar-refractivity contribution >= 4 is 16.7 Å². The van der Waals surface area contributed by atoms with E-state index in [-0.39, 0.29) is 0 Å². The monoisotopic (exact) mass is 213 g/mol. The summed E-state index contributed by atoms with van der Waals surface area (Å²) in [7, 11) is 0. The van der Waals surface area contributed by atoms with Crippen LogP contribution in [0.15, 0.2) is 41.9 Å². The Bertz CT molecular complexity index is 490. The van der Waals surface area contributed by atoms with Crippen molar-refractivity contribution in [2.75, 3.05) is 6.54 Å². The molecule has 3 nitrogen and oxygen atoms in total. The fourth-order valence-electron chi connectivity index (χ4n) is 1.52. The van der Waals surface area contributed by atoms with Crippen LogP contribution in [0, 0.1) is 0 Å². The Labute approximate surface area is 94.9 Å². The summed E-state index contributed by atoms with van der Waals surface area (Å²) in [5.74, 6) is 0.852. The molecule has 0 bridgehead atoms. The highest BCUT2D eigenvalue weighted by Gasteiger charge is 2.03. The molecule has 0 aliphatic rings. The highest BCUT2D eigenvalue weighted by atomic mass is 14.9. The van der Waals surface area contributed by atoms with Crippen LogP contribution in [0.4, 0.5) is 0 Å². The Morgan fingerprint density at radius 2 is 2.31 bits per heavy atom. The normalized spacial score (nSPS) is 11.9. The maximum Gasteiger partial charge on any atom is 0.152 e. The van der Waals surface area contributed by atoms with Crippen molar-refractivity contribution in [2.45, 2.75) is 13.3 Å². The lowest BCUT2D eigenvalue weighted by molar-refractivity contribution is 1.00. The third-order valence-corrected chi connectivity index (χ3v) is 2.41. The van der Waals surface area contributed by atoms with E-state index in [0.717, 1.165) is 35.5 Å². The molecule has 0 aliphatic heterocycles. The van der Waals surface area contributed by atoms with E-state index in [1.807, 2.05) is 37.3 Å². The Hall–Kier alpha value is -1.90. The molecule has 0 saturated heterocycles. The van der Waals surface area contributed by atoms with Gasteiger partial charge >= 0.3 is 0 Å². The van der Waals surface area contributed by atoms with Crippen molar-refractivity contribution in [3.8, 4) is 0 Å². The lowest BCUT2D eigenvalue weighted by Crippen LogP contribution is -1.98. The smallest absolute Gasteiger partial charge is 0.152 e. The van der Waals surface area contributed by atoms with Crippen LogP contribution >= 0.6 is 0 Å². The first kappa shape index (κ1) is 10.6. The summed E-state index contributed by atoms with van der Waals surface area (Å²) in [6, 6.07) is 7.99. The fraction of sp³-hybridized carbons (Fsp3) is 0.231. The number of aliphatic imine (C=N–C) groups is 1. The first-order valence-corrected chi connectivity index (χ1v) is 5.38. The molecule has 3 heteroatoms. The second kappa shape index (κ2) is 4.75. The summed E-state index contributed by atoms with van der Waals surface area (Å²) in [5.41, 5.74) is 2.98. The van der Waals surface area contributed by atoms with E-state index < -0.39 is 0 Å². The van der Waals surface area contributed by atoms with Gasteiger partial charge in [0.05, 0.1) is 16.7 Å². The minimum Gasteiger partial charge on any atom is -0.337 e. The zero-order valence-corrected chi connectivity index (χ0v) is 9.40. The second-order valence-corrected chi connectivity index (χ2v) is 3.65. The van der Waals surface area contributed by atoms with Gasteiger partial charge in [0, 0.05) is 6.54 Å². The van der Waals surface area contributed by atoms with E-state index in [1.54, 1.807) is 0 Å². The number of para-hydroxylation sites is 2. The van der Waals surface area contributed by atoms with E-state index >= 15 is 0 Å². The first-order valence-electron chi connectivity index (χ1n) is 5.38. The van der Waals surface area contributed by atoms with Crippen LogP contribution in [0.2, 0.25) is 0 Å². The lowest BCUT2D eigenvalue weighted by Gasteiger charge is -1.94. The molecule has 0 unspecified atom stereocenters. The molecule has 0 amide bonds. The van der Waals surface area contributed by atoms with Gasteiger partial charge in [0.2, 0.25) is 0 Å². The number of imidazole rings is 1. The Morgan fingerprint density at radius 1 is 1.50 bits per heavy atom. The molecule has 0 atom stereocenters. The number of fused-ring (bicyclic) bond motifs is 1. The van der Waals surface area contributed by atoms with Crippen molar-refractivity contribution in [1.29, 1.82) is 0 Å². The molecule has 0 saturated carbocycles. The van der Waals surface area contributed by atoms with Crippen LogP contribution in [0.25, 0.3) is 11.0 Å². The van der Waals surface area contributed by atoms with Gasteiger partial charge in [-0.1, -0.05) is 18.2 Å². The number of nitrogens with zero attached hydrogens (tertiary/aromatic N) is 2. The molecular weight excluding hydrogens is 198 g/mol. The van der Waals surface area contributed by atoms with Crippen LogP contribution in [-0.2, 0) is 0 Å². The molecule has 2 aromatic rings. The fourth-order valence-corrected chi connectivity index (χ4v) is 1.52. The minimum absolute atomic E-state index is 0.770. The van der Waals surface area contributed by atoms with Crippen molar-refractivity contribution < 1.29 is 0 Å². The van der Waals surface area contributed by atoms with Gasteiger partial charge in [-0.05, 0) is 25.5 Å². The van der Waals surface area contributed by atoms with Crippen LogP contribution in [0.3, 0.4) is 0 Å². The van der Waals surface area contributed by atoms with E-state index in [9.17, 15) is 0 Å². The predicted octanol–water partition coefficient (Wildman–Crippen LogP) is 2.95. The number of hydrogen-bond acceptors (Lipinski definition) is 2. The Kier molecular flexibility index (Phi) is 3.15. The van der Waals surface area contributed by atoms with Gasteiger partial charge in [0.1, 0.15) is 0 Å². The van der Waals surface area contributed by atoms with E-state index in [4.69, 9.17) is 0 Å². The quantitative estimate of drug-likeness (QED) is 0.473. The topological polar surface area (TPSA) is 41.0 Å². The molecule has 0 fully saturated rings. The number of hydrogen-bond donors (Lipinski definition) is 1. The van der Waals surface area contributed by atoms with Gasteiger partial charge in [-0.3, -0.25) is 4.99 Å². The molecule has 0 radical (unpaired) electrons. The standard InChI is InChI=1S/C13H15N3/c1-3-4-9-14-10(2)13-15-11-7-5-6-8-12(11)16-13/h3,5-8H,1,4,9H2,2H3,(H,15,16). The zero-order valence-electron chi connectivity index (χ0n) is 9.40. The number of aromatic nitrogens is 2. The van der Waals surface area contributed by atoms with Gasteiger partial charge < -0.3 is 4.98 Å². The van der Waals surface area contributed by atoms with Crippen LogP contribution < -0.4 is 0 Å². The summed E-state index contributed by atoms with van der Waals surface area (Å²) in [6.07, 6.45) is 2.77. The van der Waals surface area contributed by atoms with Gasteiger partial charge in [-0.25, -0.2) is 4.98 Å². The lowest BCUT2D eigenvalue weighted by atomic mass is 10.3. The molecule has 0 aliphatic carbocycles. The van der Waals surface area contributed by atoms with E-state index in [0.29, 0.717) is 0 Å². The maximum absolute atomic E-state index is 4.48. The average molecular weight is 213 g/mol. The van der Waals surface area contributed by atoms with Gasteiger partial charge in [-0.2, -0.15) is 0 Å². The first-order chi connectivity index (χ1) is 7.81. The molecule has 1 N–H and O–H groups in total. The van der Waals surface area contributed by atoms with Crippen molar-refractivity contribution in [2.24, 2.45) is 4.99 Å². The summed E-state index contributed by atoms with van der Waals surface area (Å²) in [4.78, 5) is 12.2. The van der Waals surface area contributed by atoms with E-state index in [2.05, 4.69) is 21.5 Å². The van der Waals surface area contributed by atoms with E-state index in [1.165, 1.54) is 0 Å². The maximum atomic E-state index is 4.48. The average Bonchev–Trinajstić information content (AvgIpc) is 2.73. The predicted molar refractivity (Wildman–Crippen MR) is 68.0 cm³/mol. The molecule has 1 aromatic carbocycles. The second-order valence-electron chi connectivity index (χ2n) is 3.65. The summed E-state index contributed by atoms with van der Waals surface area (Å²) >= 11 is 0. The minimum atomic E-state index is 0.770. The Morgan fingerprint density at radius 3 is 3.06 bits per heavy atom. The third-order valence-electron chi connectivity index (χ3n) is 2.41. The number of H-pyrrole nitrogens is 1. The number of aromatic amines is 1. The zero-order chi connectivity index (χ0) is 11.4. The summed E-state index contributed by atoms with van der Waals surface area (Å²) < 4.78 is 0. The number of nitrogens with one attached hydrogen (secondary N) is 1. The van der Waals surface area contributed by atoms with Gasteiger partial charge in [-0.15, -0.1) is 6.58 Å². The Balaban J connectivity index is 2.26. The molecule has 1 heterocycles. The summed E-state index contributed by atoms with van der Waals surface area (Å²) in [6.45, 7) is 6.42. The molecule has 2 rings (SSSR count). The largest absolute Gasteiger partial charge is 0.337 e.